The number of nitrogens with zero attached hydrogens (tertiary/aromatic N) is 4. The van der Waals surface area contributed by atoms with Crippen molar-refractivity contribution in [3.63, 3.8) is 0 Å². The zero-order valence-corrected chi connectivity index (χ0v) is 10.5. The van der Waals surface area contributed by atoms with Crippen LogP contribution in [0.15, 0.2) is 30.3 Å². The van der Waals surface area contributed by atoms with Gasteiger partial charge in [-0.3, -0.25) is 0 Å². The van der Waals surface area contributed by atoms with Crippen molar-refractivity contribution in [1.29, 1.82) is 0 Å². The Bertz CT molecular complexity index is 503. The maximum absolute atomic E-state index is 4.15. The van der Waals surface area contributed by atoms with E-state index < -0.39 is 0 Å². The fourth-order valence-electron chi connectivity index (χ4n) is 2.30. The molecule has 1 N–H and O–H groups in total. The van der Waals surface area contributed by atoms with Crippen LogP contribution >= 0.6 is 0 Å². The number of para-hydroxylation sites is 1. The van der Waals surface area contributed by atoms with Crippen LogP contribution in [0.4, 0.5) is 0 Å². The third kappa shape index (κ3) is 2.26. The summed E-state index contributed by atoms with van der Waals surface area (Å²) in [5.41, 5.74) is 1.02. The molecular formula is C13H17N5. The van der Waals surface area contributed by atoms with E-state index in [1.54, 1.807) is 0 Å². The first-order valence-electron chi connectivity index (χ1n) is 6.38. The molecule has 1 aromatic carbocycles. The zero-order chi connectivity index (χ0) is 12.4. The summed E-state index contributed by atoms with van der Waals surface area (Å²) in [5, 5.41) is 15.4. The molecule has 0 aliphatic heterocycles. The first kappa shape index (κ1) is 11.3. The summed E-state index contributed by atoms with van der Waals surface area (Å²) >= 11 is 0. The van der Waals surface area contributed by atoms with E-state index in [4.69, 9.17) is 0 Å². The first-order valence-corrected chi connectivity index (χ1v) is 6.38. The summed E-state index contributed by atoms with van der Waals surface area (Å²) in [6.45, 7) is 0. The second kappa shape index (κ2) is 4.86. The van der Waals surface area contributed by atoms with Crippen LogP contribution in [0.2, 0.25) is 0 Å². The van der Waals surface area contributed by atoms with Gasteiger partial charge in [0.15, 0.2) is 5.82 Å². The van der Waals surface area contributed by atoms with Gasteiger partial charge in [-0.1, -0.05) is 18.2 Å². The van der Waals surface area contributed by atoms with Crippen molar-refractivity contribution in [3.8, 4) is 5.69 Å². The van der Waals surface area contributed by atoms with Crippen molar-refractivity contribution < 1.29 is 0 Å². The molecule has 1 aliphatic carbocycles. The van der Waals surface area contributed by atoms with E-state index in [2.05, 4.69) is 20.8 Å². The van der Waals surface area contributed by atoms with Crippen LogP contribution in [0.1, 0.15) is 18.7 Å². The quantitative estimate of drug-likeness (QED) is 0.857. The Labute approximate surface area is 106 Å². The van der Waals surface area contributed by atoms with Crippen molar-refractivity contribution in [2.45, 2.75) is 25.3 Å². The lowest BCUT2D eigenvalue weighted by molar-refractivity contribution is 0.485. The minimum absolute atomic E-state index is 0.485. The minimum Gasteiger partial charge on any atom is -0.316 e. The highest BCUT2D eigenvalue weighted by molar-refractivity contribution is 5.30. The van der Waals surface area contributed by atoms with Crippen LogP contribution in [0.25, 0.3) is 5.69 Å². The SMILES string of the molecule is CNC(Cc1nnnn1-c1ccccc1)C1CC1. The van der Waals surface area contributed by atoms with Crippen molar-refractivity contribution in [2.24, 2.45) is 5.92 Å². The number of rotatable bonds is 5. The lowest BCUT2D eigenvalue weighted by Crippen LogP contribution is -2.30. The Kier molecular flexibility index (Phi) is 3.06. The van der Waals surface area contributed by atoms with Gasteiger partial charge in [-0.2, -0.15) is 4.68 Å². The molecule has 1 heterocycles. The van der Waals surface area contributed by atoms with E-state index in [0.717, 1.165) is 23.9 Å². The van der Waals surface area contributed by atoms with Gasteiger partial charge in [0.1, 0.15) is 0 Å². The molecule has 5 nitrogen and oxygen atoms in total. The van der Waals surface area contributed by atoms with Gasteiger partial charge in [0.25, 0.3) is 0 Å². The minimum atomic E-state index is 0.485. The van der Waals surface area contributed by atoms with Crippen molar-refractivity contribution in [1.82, 2.24) is 25.5 Å². The fraction of sp³-hybridized carbons (Fsp3) is 0.462. The molecule has 0 bridgehead atoms. The molecule has 0 spiro atoms. The summed E-state index contributed by atoms with van der Waals surface area (Å²) in [6, 6.07) is 10.5. The third-order valence-electron chi connectivity index (χ3n) is 3.50. The van der Waals surface area contributed by atoms with Gasteiger partial charge in [0.05, 0.1) is 5.69 Å². The lowest BCUT2D eigenvalue weighted by atomic mass is 10.1. The van der Waals surface area contributed by atoms with E-state index in [9.17, 15) is 0 Å². The third-order valence-corrected chi connectivity index (χ3v) is 3.50. The molecule has 3 rings (SSSR count). The molecule has 1 unspecified atom stereocenters. The molecule has 94 valence electrons. The lowest BCUT2D eigenvalue weighted by Gasteiger charge is -2.14. The Morgan fingerprint density at radius 2 is 2.11 bits per heavy atom. The van der Waals surface area contributed by atoms with Crippen molar-refractivity contribution in [2.75, 3.05) is 7.05 Å². The Morgan fingerprint density at radius 1 is 1.33 bits per heavy atom. The molecule has 0 radical (unpaired) electrons. The molecule has 1 aliphatic rings. The molecule has 1 aromatic heterocycles. The van der Waals surface area contributed by atoms with Gasteiger partial charge in [0, 0.05) is 12.5 Å². The number of hydrogen-bond acceptors (Lipinski definition) is 4. The smallest absolute Gasteiger partial charge is 0.158 e. The van der Waals surface area contributed by atoms with E-state index in [-0.39, 0.29) is 0 Å². The number of nitrogens with one attached hydrogen (secondary N) is 1. The van der Waals surface area contributed by atoms with Gasteiger partial charge in [-0.15, -0.1) is 5.10 Å². The Morgan fingerprint density at radius 3 is 2.78 bits per heavy atom. The number of hydrogen-bond donors (Lipinski definition) is 1. The molecule has 2 aromatic rings. The number of tetrazole rings is 1. The number of likely N-dealkylation sites (N-methyl/N-ethyl adjacent to an activating group) is 1. The molecule has 5 heteroatoms. The maximum atomic E-state index is 4.15. The van der Waals surface area contributed by atoms with E-state index in [1.165, 1.54) is 12.8 Å². The van der Waals surface area contributed by atoms with E-state index >= 15 is 0 Å². The van der Waals surface area contributed by atoms with Gasteiger partial charge in [0.2, 0.25) is 0 Å². The second-order valence-electron chi connectivity index (χ2n) is 4.78. The first-order chi connectivity index (χ1) is 8.88. The van der Waals surface area contributed by atoms with Crippen LogP contribution in [-0.2, 0) is 6.42 Å². The maximum Gasteiger partial charge on any atom is 0.158 e. The summed E-state index contributed by atoms with van der Waals surface area (Å²) in [5.74, 6) is 1.71. The van der Waals surface area contributed by atoms with Gasteiger partial charge in [-0.25, -0.2) is 0 Å². The highest BCUT2D eigenvalue weighted by atomic mass is 15.5. The summed E-state index contributed by atoms with van der Waals surface area (Å²) < 4.78 is 1.83. The predicted octanol–water partition coefficient (Wildman–Crippen LogP) is 1.20. The summed E-state index contributed by atoms with van der Waals surface area (Å²) in [6.07, 6.45) is 3.51. The van der Waals surface area contributed by atoms with Gasteiger partial charge >= 0.3 is 0 Å². The normalized spacial score (nSPS) is 16.7. The van der Waals surface area contributed by atoms with Crippen molar-refractivity contribution >= 4 is 0 Å². The number of aromatic nitrogens is 4. The van der Waals surface area contributed by atoms with Crippen LogP contribution in [0.5, 0.6) is 0 Å². The highest BCUT2D eigenvalue weighted by Gasteiger charge is 2.31. The molecule has 1 saturated carbocycles. The van der Waals surface area contributed by atoms with E-state index in [1.807, 2.05) is 42.1 Å². The topological polar surface area (TPSA) is 55.6 Å². The standard InChI is InChI=1S/C13H17N5/c1-14-12(10-7-8-10)9-13-15-16-17-18(13)11-5-3-2-4-6-11/h2-6,10,12,14H,7-9H2,1H3. The molecular weight excluding hydrogens is 226 g/mol. The predicted molar refractivity (Wildman–Crippen MR) is 68.4 cm³/mol. The fourth-order valence-corrected chi connectivity index (χ4v) is 2.30. The van der Waals surface area contributed by atoms with Gasteiger partial charge in [-0.05, 0) is 48.4 Å². The van der Waals surface area contributed by atoms with Crippen LogP contribution in [-0.4, -0.2) is 33.3 Å². The average Bonchev–Trinajstić information content (AvgIpc) is 3.16. The second-order valence-corrected chi connectivity index (χ2v) is 4.78. The molecule has 0 saturated heterocycles. The summed E-state index contributed by atoms with van der Waals surface area (Å²) in [7, 11) is 2.01. The van der Waals surface area contributed by atoms with Gasteiger partial charge < -0.3 is 5.32 Å². The molecule has 1 atom stereocenters. The van der Waals surface area contributed by atoms with Crippen molar-refractivity contribution in [3.05, 3.63) is 36.2 Å². The molecule has 1 fully saturated rings. The highest BCUT2D eigenvalue weighted by Crippen LogP contribution is 2.33. The van der Waals surface area contributed by atoms with Crippen LogP contribution in [0, 0.1) is 5.92 Å². The number of benzene rings is 1. The Balaban J connectivity index is 1.83. The van der Waals surface area contributed by atoms with Crippen LogP contribution < -0.4 is 5.32 Å². The Hall–Kier alpha value is -1.75. The largest absolute Gasteiger partial charge is 0.316 e. The zero-order valence-electron chi connectivity index (χ0n) is 10.5. The molecule has 18 heavy (non-hydrogen) atoms. The summed E-state index contributed by atoms with van der Waals surface area (Å²) in [4.78, 5) is 0. The van der Waals surface area contributed by atoms with E-state index in [0.29, 0.717) is 6.04 Å². The average molecular weight is 243 g/mol. The van der Waals surface area contributed by atoms with Crippen LogP contribution in [0.3, 0.4) is 0 Å². The monoisotopic (exact) mass is 243 g/mol. The molecule has 0 amide bonds.